The predicted octanol–water partition coefficient (Wildman–Crippen LogP) is 3.25. The van der Waals surface area contributed by atoms with Gasteiger partial charge in [-0.05, 0) is 11.4 Å². The number of rotatable bonds is 1. The highest BCUT2D eigenvalue weighted by Crippen LogP contribution is 2.44. The van der Waals surface area contributed by atoms with E-state index in [0.29, 0.717) is 13.2 Å². The Kier molecular flexibility index (Phi) is 1.96. The van der Waals surface area contributed by atoms with E-state index in [0.717, 1.165) is 10.8 Å². The summed E-state index contributed by atoms with van der Waals surface area (Å²) in [6.07, 6.45) is 0. The second-order valence-corrected chi connectivity index (χ2v) is 4.90. The summed E-state index contributed by atoms with van der Waals surface area (Å²) >= 11 is 3.39. The van der Waals surface area contributed by atoms with Gasteiger partial charge in [0, 0.05) is 10.9 Å². The van der Waals surface area contributed by atoms with Crippen LogP contribution in [0.25, 0.3) is 9.75 Å². The van der Waals surface area contributed by atoms with Crippen LogP contribution in [0.3, 0.4) is 0 Å². The fourth-order valence-electron chi connectivity index (χ4n) is 1.38. The van der Waals surface area contributed by atoms with Crippen molar-refractivity contribution >= 4 is 22.7 Å². The zero-order valence-electron chi connectivity index (χ0n) is 7.36. The smallest absolute Gasteiger partial charge is 0.217 e. The predicted molar refractivity (Wildman–Crippen MR) is 58.6 cm³/mol. The number of ether oxygens (including phenoxy) is 2. The van der Waals surface area contributed by atoms with Crippen molar-refractivity contribution in [3.05, 3.63) is 23.6 Å². The van der Waals surface area contributed by atoms with Crippen LogP contribution < -0.4 is 9.47 Å². The molecule has 0 amide bonds. The summed E-state index contributed by atoms with van der Waals surface area (Å²) in [5.41, 5.74) is 0. The van der Waals surface area contributed by atoms with Crippen molar-refractivity contribution in [3.63, 3.8) is 0 Å². The van der Waals surface area contributed by atoms with Crippen LogP contribution >= 0.6 is 22.7 Å². The number of hydrogen-bond acceptors (Lipinski definition) is 4. The van der Waals surface area contributed by atoms with E-state index in [1.165, 1.54) is 9.75 Å². The van der Waals surface area contributed by atoms with Crippen molar-refractivity contribution in [1.82, 2.24) is 0 Å². The lowest BCUT2D eigenvalue weighted by Crippen LogP contribution is -2.13. The zero-order valence-corrected chi connectivity index (χ0v) is 8.99. The molecule has 2 aromatic rings. The van der Waals surface area contributed by atoms with Crippen LogP contribution in [-0.4, -0.2) is 13.2 Å². The first-order valence-corrected chi connectivity index (χ1v) is 6.06. The molecule has 0 aromatic carbocycles. The first kappa shape index (κ1) is 8.32. The molecule has 2 aromatic heterocycles. The standard InChI is InChI=1S/C10H8O2S2/c1-2-8(13-5-1)9-6-7-10(14-9)12-4-3-11-7/h1-2,5-6H,3-4H2. The summed E-state index contributed by atoms with van der Waals surface area (Å²) in [4.78, 5) is 2.50. The van der Waals surface area contributed by atoms with E-state index < -0.39 is 0 Å². The molecule has 0 N–H and O–H groups in total. The van der Waals surface area contributed by atoms with Gasteiger partial charge in [0.2, 0.25) is 5.06 Å². The third-order valence-electron chi connectivity index (χ3n) is 2.00. The fourth-order valence-corrected chi connectivity index (χ4v) is 3.19. The van der Waals surface area contributed by atoms with Gasteiger partial charge in [0.25, 0.3) is 0 Å². The molecule has 4 heteroatoms. The highest BCUT2D eigenvalue weighted by Gasteiger charge is 2.16. The Hall–Kier alpha value is -1.00. The average molecular weight is 224 g/mol. The molecule has 0 unspecified atom stereocenters. The van der Waals surface area contributed by atoms with Crippen LogP contribution in [0.15, 0.2) is 23.6 Å². The van der Waals surface area contributed by atoms with E-state index >= 15 is 0 Å². The van der Waals surface area contributed by atoms with Crippen molar-refractivity contribution in [2.24, 2.45) is 0 Å². The summed E-state index contributed by atoms with van der Waals surface area (Å²) in [6, 6.07) is 6.23. The lowest BCUT2D eigenvalue weighted by Gasteiger charge is -2.13. The Labute approximate surface area is 89.7 Å². The second kappa shape index (κ2) is 3.29. The Morgan fingerprint density at radius 1 is 1.14 bits per heavy atom. The first-order valence-electron chi connectivity index (χ1n) is 4.37. The maximum absolute atomic E-state index is 5.50. The molecular weight excluding hydrogens is 216 g/mol. The molecular formula is C10H8O2S2. The van der Waals surface area contributed by atoms with Gasteiger partial charge in [-0.2, -0.15) is 0 Å². The van der Waals surface area contributed by atoms with Crippen molar-refractivity contribution in [2.45, 2.75) is 0 Å². The Bertz CT molecular complexity index is 407. The van der Waals surface area contributed by atoms with Crippen LogP contribution in [-0.2, 0) is 0 Å². The fraction of sp³-hybridized carbons (Fsp3) is 0.200. The topological polar surface area (TPSA) is 18.5 Å². The van der Waals surface area contributed by atoms with Gasteiger partial charge >= 0.3 is 0 Å². The summed E-state index contributed by atoms with van der Waals surface area (Å²) in [6.45, 7) is 1.32. The van der Waals surface area contributed by atoms with Gasteiger partial charge in [-0.3, -0.25) is 0 Å². The van der Waals surface area contributed by atoms with Crippen LogP contribution in [0, 0.1) is 0 Å². The van der Waals surface area contributed by atoms with Gasteiger partial charge < -0.3 is 9.47 Å². The molecule has 0 fully saturated rings. The number of thiophene rings is 2. The molecule has 3 heterocycles. The monoisotopic (exact) mass is 224 g/mol. The van der Waals surface area contributed by atoms with Gasteiger partial charge in [-0.25, -0.2) is 0 Å². The van der Waals surface area contributed by atoms with E-state index in [1.807, 2.05) is 0 Å². The Morgan fingerprint density at radius 3 is 2.86 bits per heavy atom. The van der Waals surface area contributed by atoms with Crippen molar-refractivity contribution in [3.8, 4) is 20.6 Å². The third-order valence-corrected chi connectivity index (χ3v) is 4.10. The van der Waals surface area contributed by atoms with E-state index in [9.17, 15) is 0 Å². The van der Waals surface area contributed by atoms with E-state index in [4.69, 9.17) is 9.47 Å². The minimum atomic E-state index is 0.660. The Balaban J connectivity index is 2.04. The van der Waals surface area contributed by atoms with Gasteiger partial charge in [-0.1, -0.05) is 17.4 Å². The molecule has 72 valence electrons. The molecule has 0 saturated heterocycles. The molecule has 0 aliphatic carbocycles. The molecule has 1 aliphatic rings. The number of fused-ring (bicyclic) bond motifs is 1. The summed E-state index contributed by atoms with van der Waals surface area (Å²) in [5, 5.41) is 3.00. The normalized spacial score (nSPS) is 14.3. The number of hydrogen-bond donors (Lipinski definition) is 0. The van der Waals surface area contributed by atoms with Gasteiger partial charge in [-0.15, -0.1) is 11.3 Å². The second-order valence-electron chi connectivity index (χ2n) is 2.94. The van der Waals surface area contributed by atoms with Crippen LogP contribution in [0.1, 0.15) is 0 Å². The van der Waals surface area contributed by atoms with Crippen LogP contribution in [0.4, 0.5) is 0 Å². The summed E-state index contributed by atoms with van der Waals surface area (Å²) in [7, 11) is 0. The van der Waals surface area contributed by atoms with Gasteiger partial charge in [0.15, 0.2) is 5.75 Å². The Morgan fingerprint density at radius 2 is 2.07 bits per heavy atom. The molecule has 14 heavy (non-hydrogen) atoms. The minimum absolute atomic E-state index is 0.660. The molecule has 3 rings (SSSR count). The summed E-state index contributed by atoms with van der Waals surface area (Å²) < 4.78 is 11.0. The quantitative estimate of drug-likeness (QED) is 0.740. The minimum Gasteiger partial charge on any atom is -0.485 e. The molecule has 0 spiro atoms. The van der Waals surface area contributed by atoms with Crippen molar-refractivity contribution < 1.29 is 9.47 Å². The highest BCUT2D eigenvalue weighted by molar-refractivity contribution is 7.22. The van der Waals surface area contributed by atoms with Crippen molar-refractivity contribution in [1.29, 1.82) is 0 Å². The van der Waals surface area contributed by atoms with E-state index in [1.54, 1.807) is 22.7 Å². The maximum atomic E-state index is 5.50. The SMILES string of the molecule is c1csc(-c2cc3c(s2)OCCO3)c1. The molecule has 0 saturated carbocycles. The van der Waals surface area contributed by atoms with Crippen molar-refractivity contribution in [2.75, 3.05) is 13.2 Å². The molecule has 1 aliphatic heterocycles. The van der Waals surface area contributed by atoms with E-state index in [2.05, 4.69) is 23.6 Å². The molecule has 0 bridgehead atoms. The largest absolute Gasteiger partial charge is 0.485 e. The molecule has 2 nitrogen and oxygen atoms in total. The third kappa shape index (κ3) is 1.31. The zero-order chi connectivity index (χ0) is 9.38. The molecule has 0 radical (unpaired) electrons. The molecule has 0 atom stereocenters. The van der Waals surface area contributed by atoms with Crippen LogP contribution in [0.2, 0.25) is 0 Å². The highest BCUT2D eigenvalue weighted by atomic mass is 32.1. The maximum Gasteiger partial charge on any atom is 0.217 e. The lowest BCUT2D eigenvalue weighted by molar-refractivity contribution is 0.178. The first-order chi connectivity index (χ1) is 6.93. The van der Waals surface area contributed by atoms with Crippen LogP contribution in [0.5, 0.6) is 10.8 Å². The lowest BCUT2D eigenvalue weighted by atomic mass is 10.4. The van der Waals surface area contributed by atoms with Gasteiger partial charge in [0.1, 0.15) is 13.2 Å². The van der Waals surface area contributed by atoms with Gasteiger partial charge in [0.05, 0.1) is 4.88 Å². The van der Waals surface area contributed by atoms with E-state index in [-0.39, 0.29) is 0 Å². The summed E-state index contributed by atoms with van der Waals surface area (Å²) in [5.74, 6) is 0.893. The average Bonchev–Trinajstić information content (AvgIpc) is 2.86.